The number of rotatable bonds is 7. The maximum atomic E-state index is 12.0. The fourth-order valence-electron chi connectivity index (χ4n) is 1.63. The number of esters is 2. The van der Waals surface area contributed by atoms with Crippen LogP contribution in [0.4, 0.5) is 0 Å². The van der Waals surface area contributed by atoms with Gasteiger partial charge >= 0.3 is 11.9 Å². The van der Waals surface area contributed by atoms with Gasteiger partial charge in [0, 0.05) is 11.6 Å². The van der Waals surface area contributed by atoms with E-state index in [1.54, 1.807) is 20.8 Å². The Labute approximate surface area is 115 Å². The van der Waals surface area contributed by atoms with Crippen molar-refractivity contribution in [3.8, 4) is 0 Å². The Bertz CT molecular complexity index is 347. The van der Waals surface area contributed by atoms with Crippen molar-refractivity contribution in [2.24, 2.45) is 11.7 Å². The van der Waals surface area contributed by atoms with Crippen LogP contribution in [0.5, 0.6) is 0 Å². The molecule has 0 spiro atoms. The smallest absolute Gasteiger partial charge is 0.336 e. The van der Waals surface area contributed by atoms with Crippen molar-refractivity contribution in [3.05, 3.63) is 11.6 Å². The zero-order valence-electron chi connectivity index (χ0n) is 12.5. The molecule has 0 saturated carbocycles. The second-order valence-corrected chi connectivity index (χ2v) is 4.62. The van der Waals surface area contributed by atoms with E-state index in [2.05, 4.69) is 0 Å². The van der Waals surface area contributed by atoms with E-state index in [4.69, 9.17) is 15.2 Å². The third kappa shape index (κ3) is 5.03. The van der Waals surface area contributed by atoms with E-state index >= 15 is 0 Å². The molecule has 0 aliphatic heterocycles. The summed E-state index contributed by atoms with van der Waals surface area (Å²) in [7, 11) is 0. The first-order valence-corrected chi connectivity index (χ1v) is 6.66. The fourth-order valence-corrected chi connectivity index (χ4v) is 1.63. The van der Waals surface area contributed by atoms with Gasteiger partial charge in [-0.1, -0.05) is 20.3 Å². The van der Waals surface area contributed by atoms with E-state index in [1.807, 2.05) is 13.8 Å². The van der Waals surface area contributed by atoms with Crippen LogP contribution in [-0.4, -0.2) is 30.7 Å². The van der Waals surface area contributed by atoms with Gasteiger partial charge in [-0.2, -0.15) is 0 Å². The lowest BCUT2D eigenvalue weighted by Crippen LogP contribution is -2.47. The molecule has 0 heterocycles. The highest BCUT2D eigenvalue weighted by molar-refractivity contribution is 5.98. The molecule has 19 heavy (non-hydrogen) atoms. The Balaban J connectivity index is 5.39. The zero-order valence-corrected chi connectivity index (χ0v) is 12.5. The maximum absolute atomic E-state index is 12.0. The van der Waals surface area contributed by atoms with E-state index in [0.29, 0.717) is 0 Å². The molecule has 0 aromatic rings. The average molecular weight is 271 g/mol. The van der Waals surface area contributed by atoms with Crippen LogP contribution in [0.3, 0.4) is 0 Å². The number of ether oxygens (including phenoxy) is 2. The van der Waals surface area contributed by atoms with E-state index in [-0.39, 0.29) is 24.7 Å². The van der Waals surface area contributed by atoms with Crippen LogP contribution in [0.2, 0.25) is 0 Å². The summed E-state index contributed by atoms with van der Waals surface area (Å²) in [6, 6.07) is 0. The normalized spacial score (nSPS) is 16.4. The molecule has 0 aromatic carbocycles. The van der Waals surface area contributed by atoms with E-state index in [9.17, 15) is 9.59 Å². The largest absolute Gasteiger partial charge is 0.463 e. The number of carbonyl (C=O) groups is 2. The SMILES string of the molecule is CCOC(=O)C=C(C(=O)OCC)C(C)(N)C(C)CC. The Morgan fingerprint density at radius 2 is 1.74 bits per heavy atom. The molecule has 0 rings (SSSR count). The molecular weight excluding hydrogens is 246 g/mol. The molecule has 0 fully saturated rings. The molecule has 5 heteroatoms. The highest BCUT2D eigenvalue weighted by atomic mass is 16.5. The fraction of sp³-hybridized carbons (Fsp3) is 0.714. The van der Waals surface area contributed by atoms with Crippen LogP contribution >= 0.6 is 0 Å². The summed E-state index contributed by atoms with van der Waals surface area (Å²) < 4.78 is 9.80. The van der Waals surface area contributed by atoms with Crippen molar-refractivity contribution in [1.29, 1.82) is 0 Å². The van der Waals surface area contributed by atoms with Gasteiger partial charge in [-0.15, -0.1) is 0 Å². The standard InChI is InChI=1S/C14H25NO4/c1-6-10(4)14(5,15)11(13(17)19-8-3)9-12(16)18-7-2/h9-10H,6-8,15H2,1-5H3. The Kier molecular flexibility index (Phi) is 7.37. The average Bonchev–Trinajstić information content (AvgIpc) is 2.35. The summed E-state index contributed by atoms with van der Waals surface area (Å²) in [5.74, 6) is -1.12. The van der Waals surface area contributed by atoms with Gasteiger partial charge in [0.2, 0.25) is 0 Å². The second-order valence-electron chi connectivity index (χ2n) is 4.62. The van der Waals surface area contributed by atoms with Crippen LogP contribution < -0.4 is 5.73 Å². The van der Waals surface area contributed by atoms with Gasteiger partial charge in [0.05, 0.1) is 18.8 Å². The van der Waals surface area contributed by atoms with Crippen molar-refractivity contribution in [2.75, 3.05) is 13.2 Å². The quantitative estimate of drug-likeness (QED) is 0.564. The third-order valence-electron chi connectivity index (χ3n) is 3.26. The lowest BCUT2D eigenvalue weighted by Gasteiger charge is -2.32. The van der Waals surface area contributed by atoms with Gasteiger partial charge in [-0.05, 0) is 26.7 Å². The van der Waals surface area contributed by atoms with Crippen molar-refractivity contribution in [1.82, 2.24) is 0 Å². The molecule has 0 aliphatic carbocycles. The Morgan fingerprint density at radius 1 is 1.21 bits per heavy atom. The van der Waals surface area contributed by atoms with Gasteiger partial charge < -0.3 is 15.2 Å². The van der Waals surface area contributed by atoms with Crippen LogP contribution in [0.15, 0.2) is 11.6 Å². The first kappa shape index (κ1) is 17.6. The molecule has 0 saturated heterocycles. The molecule has 2 N–H and O–H groups in total. The van der Waals surface area contributed by atoms with Gasteiger partial charge in [-0.25, -0.2) is 9.59 Å². The first-order chi connectivity index (χ1) is 8.81. The summed E-state index contributed by atoms with van der Waals surface area (Å²) in [4.78, 5) is 23.5. The maximum Gasteiger partial charge on any atom is 0.336 e. The summed E-state index contributed by atoms with van der Waals surface area (Å²) >= 11 is 0. The van der Waals surface area contributed by atoms with Gasteiger partial charge in [-0.3, -0.25) is 0 Å². The molecule has 0 radical (unpaired) electrons. The topological polar surface area (TPSA) is 78.6 Å². The molecule has 0 amide bonds. The Morgan fingerprint density at radius 3 is 2.16 bits per heavy atom. The van der Waals surface area contributed by atoms with Crippen LogP contribution in [0, 0.1) is 5.92 Å². The molecule has 110 valence electrons. The van der Waals surface area contributed by atoms with Crippen molar-refractivity contribution < 1.29 is 19.1 Å². The number of hydrogen-bond acceptors (Lipinski definition) is 5. The molecule has 5 nitrogen and oxygen atoms in total. The first-order valence-electron chi connectivity index (χ1n) is 6.66. The Hall–Kier alpha value is -1.36. The van der Waals surface area contributed by atoms with E-state index in [0.717, 1.165) is 12.5 Å². The van der Waals surface area contributed by atoms with Crippen LogP contribution in [-0.2, 0) is 19.1 Å². The van der Waals surface area contributed by atoms with Gasteiger partial charge in [0.1, 0.15) is 0 Å². The number of nitrogens with two attached hydrogens (primary N) is 1. The zero-order chi connectivity index (χ0) is 15.1. The predicted octanol–water partition coefficient (Wildman–Crippen LogP) is 1.80. The minimum Gasteiger partial charge on any atom is -0.463 e. The molecule has 0 aromatic heterocycles. The lowest BCUT2D eigenvalue weighted by atomic mass is 9.79. The van der Waals surface area contributed by atoms with E-state index in [1.165, 1.54) is 0 Å². The van der Waals surface area contributed by atoms with Crippen molar-refractivity contribution >= 4 is 11.9 Å². The highest BCUT2D eigenvalue weighted by Gasteiger charge is 2.35. The van der Waals surface area contributed by atoms with Crippen LogP contribution in [0.25, 0.3) is 0 Å². The molecule has 2 unspecified atom stereocenters. The summed E-state index contributed by atoms with van der Waals surface area (Å²) in [5, 5.41) is 0. The monoisotopic (exact) mass is 271 g/mol. The third-order valence-corrected chi connectivity index (χ3v) is 3.26. The van der Waals surface area contributed by atoms with Gasteiger partial charge in [0.25, 0.3) is 0 Å². The summed E-state index contributed by atoms with van der Waals surface area (Å²) in [6.45, 7) is 9.51. The van der Waals surface area contributed by atoms with Crippen LogP contribution in [0.1, 0.15) is 41.0 Å². The minimum absolute atomic E-state index is 0.0255. The number of carbonyl (C=O) groups excluding carboxylic acids is 2. The summed E-state index contributed by atoms with van der Waals surface area (Å²) in [6.07, 6.45) is 1.93. The van der Waals surface area contributed by atoms with Crippen molar-refractivity contribution in [3.63, 3.8) is 0 Å². The number of hydrogen-bond donors (Lipinski definition) is 1. The molecule has 0 bridgehead atoms. The summed E-state index contributed by atoms with van der Waals surface area (Å²) in [5.41, 5.74) is 5.43. The minimum atomic E-state index is -0.937. The molecule has 0 aliphatic rings. The highest BCUT2D eigenvalue weighted by Crippen LogP contribution is 2.26. The lowest BCUT2D eigenvalue weighted by molar-refractivity contribution is -0.141. The van der Waals surface area contributed by atoms with Gasteiger partial charge in [0.15, 0.2) is 0 Å². The molecular formula is C14H25NO4. The second kappa shape index (κ2) is 7.94. The van der Waals surface area contributed by atoms with E-state index < -0.39 is 17.5 Å². The van der Waals surface area contributed by atoms with Crippen molar-refractivity contribution in [2.45, 2.75) is 46.6 Å². The molecule has 2 atom stereocenters. The predicted molar refractivity (Wildman–Crippen MR) is 73.4 cm³/mol.